The zero-order valence-electron chi connectivity index (χ0n) is 11.1. The van der Waals surface area contributed by atoms with Gasteiger partial charge < -0.3 is 0 Å². The van der Waals surface area contributed by atoms with Gasteiger partial charge in [-0.3, -0.25) is 16.0 Å². The lowest BCUT2D eigenvalue weighted by Gasteiger charge is -2.17. The molecule has 0 spiro atoms. The maximum Gasteiger partial charge on any atom is 0.0847 e. The van der Waals surface area contributed by atoms with Crippen LogP contribution in [0.3, 0.4) is 0 Å². The molecule has 0 aliphatic carbocycles. The third-order valence-corrected chi connectivity index (χ3v) is 4.55. The molecule has 20 heavy (non-hydrogen) atoms. The number of aromatic nitrogens is 2. The molecule has 1 atom stereocenters. The van der Waals surface area contributed by atoms with E-state index in [0.29, 0.717) is 11.4 Å². The van der Waals surface area contributed by atoms with Gasteiger partial charge in [0.1, 0.15) is 0 Å². The number of rotatable bonds is 4. The molecule has 7 heteroatoms. The van der Waals surface area contributed by atoms with Gasteiger partial charge in [-0.15, -0.1) is 0 Å². The largest absolute Gasteiger partial charge is 0.271 e. The Morgan fingerprint density at radius 1 is 1.35 bits per heavy atom. The van der Waals surface area contributed by atoms with Crippen LogP contribution >= 0.6 is 43.5 Å². The molecule has 1 aromatic carbocycles. The lowest BCUT2D eigenvalue weighted by molar-refractivity contribution is 0.529. The summed E-state index contributed by atoms with van der Waals surface area (Å²) in [5, 5.41) is 5.02. The van der Waals surface area contributed by atoms with Crippen LogP contribution in [-0.2, 0) is 13.5 Å². The number of nitrogens with zero attached hydrogens (tertiary/aromatic N) is 2. The molecule has 1 heterocycles. The predicted molar refractivity (Wildman–Crippen MR) is 88.6 cm³/mol. The number of hydrogen-bond donors (Lipinski definition) is 2. The smallest absolute Gasteiger partial charge is 0.0847 e. The second kappa shape index (κ2) is 6.58. The van der Waals surface area contributed by atoms with Gasteiger partial charge in [-0.2, -0.15) is 5.10 Å². The van der Waals surface area contributed by atoms with Gasteiger partial charge in [0.05, 0.1) is 22.5 Å². The van der Waals surface area contributed by atoms with E-state index in [0.717, 1.165) is 25.9 Å². The average molecular weight is 423 g/mol. The van der Waals surface area contributed by atoms with E-state index in [4.69, 9.17) is 17.4 Å². The minimum atomic E-state index is -0.0453. The number of hydrazine groups is 1. The molecule has 0 bridgehead atoms. The SMILES string of the molecule is Cc1nn(C)c(CC(NN)c2cc(Br)cc(Br)c2)c1Cl. The number of halogens is 3. The number of aryl methyl sites for hydroxylation is 2. The molecule has 0 amide bonds. The second-order valence-electron chi connectivity index (χ2n) is 4.60. The minimum Gasteiger partial charge on any atom is -0.271 e. The molecule has 1 aromatic heterocycles. The van der Waals surface area contributed by atoms with E-state index in [9.17, 15) is 0 Å². The highest BCUT2D eigenvalue weighted by molar-refractivity contribution is 9.11. The van der Waals surface area contributed by atoms with Crippen molar-refractivity contribution < 1.29 is 0 Å². The topological polar surface area (TPSA) is 55.9 Å². The van der Waals surface area contributed by atoms with Crippen LogP contribution in [0.2, 0.25) is 5.02 Å². The summed E-state index contributed by atoms with van der Waals surface area (Å²) in [4.78, 5) is 0. The second-order valence-corrected chi connectivity index (χ2v) is 6.81. The zero-order valence-corrected chi connectivity index (χ0v) is 15.1. The van der Waals surface area contributed by atoms with Crippen molar-refractivity contribution in [2.45, 2.75) is 19.4 Å². The van der Waals surface area contributed by atoms with Gasteiger partial charge in [-0.25, -0.2) is 0 Å². The van der Waals surface area contributed by atoms with Crippen molar-refractivity contribution in [1.29, 1.82) is 0 Å². The first-order valence-electron chi connectivity index (χ1n) is 6.02. The summed E-state index contributed by atoms with van der Waals surface area (Å²) in [6.07, 6.45) is 0.662. The molecule has 4 nitrogen and oxygen atoms in total. The number of nitrogens with two attached hydrogens (primary N) is 1. The summed E-state index contributed by atoms with van der Waals surface area (Å²) in [6, 6.07) is 6.01. The van der Waals surface area contributed by atoms with Gasteiger partial charge in [0.15, 0.2) is 0 Å². The van der Waals surface area contributed by atoms with Crippen LogP contribution in [0.5, 0.6) is 0 Å². The van der Waals surface area contributed by atoms with Crippen molar-refractivity contribution in [1.82, 2.24) is 15.2 Å². The van der Waals surface area contributed by atoms with Gasteiger partial charge in [0.2, 0.25) is 0 Å². The Kier molecular flexibility index (Phi) is 5.25. The van der Waals surface area contributed by atoms with E-state index in [1.165, 1.54) is 0 Å². The molecular weight excluding hydrogens is 407 g/mol. The Morgan fingerprint density at radius 2 is 1.95 bits per heavy atom. The van der Waals surface area contributed by atoms with Crippen LogP contribution in [0.15, 0.2) is 27.1 Å². The Hall–Kier alpha value is -0.400. The summed E-state index contributed by atoms with van der Waals surface area (Å²) in [5.74, 6) is 5.71. The highest BCUT2D eigenvalue weighted by Gasteiger charge is 2.18. The minimum absolute atomic E-state index is 0.0453. The maximum atomic E-state index is 6.29. The quantitative estimate of drug-likeness (QED) is 0.584. The van der Waals surface area contributed by atoms with E-state index in [2.05, 4.69) is 42.4 Å². The Labute approximate surface area is 139 Å². The third-order valence-electron chi connectivity index (χ3n) is 3.15. The number of hydrogen-bond acceptors (Lipinski definition) is 3. The summed E-state index contributed by atoms with van der Waals surface area (Å²) in [7, 11) is 1.89. The Balaban J connectivity index is 2.33. The van der Waals surface area contributed by atoms with Crippen LogP contribution in [0.25, 0.3) is 0 Å². The van der Waals surface area contributed by atoms with E-state index < -0.39 is 0 Å². The van der Waals surface area contributed by atoms with Crippen molar-refractivity contribution in [3.63, 3.8) is 0 Å². The summed E-state index contributed by atoms with van der Waals surface area (Å²) in [5.41, 5.74) is 5.71. The fourth-order valence-corrected chi connectivity index (χ4v) is 3.71. The Morgan fingerprint density at radius 3 is 2.40 bits per heavy atom. The maximum absolute atomic E-state index is 6.29. The molecule has 0 aliphatic rings. The van der Waals surface area contributed by atoms with E-state index >= 15 is 0 Å². The van der Waals surface area contributed by atoms with Crippen molar-refractivity contribution in [2.24, 2.45) is 12.9 Å². The van der Waals surface area contributed by atoms with Crippen LogP contribution in [0.4, 0.5) is 0 Å². The predicted octanol–water partition coefficient (Wildman–Crippen LogP) is 3.65. The average Bonchev–Trinajstić information content (AvgIpc) is 2.60. The highest BCUT2D eigenvalue weighted by Crippen LogP contribution is 2.28. The van der Waals surface area contributed by atoms with Crippen molar-refractivity contribution in [3.05, 3.63) is 49.1 Å². The van der Waals surface area contributed by atoms with Crippen molar-refractivity contribution >= 4 is 43.5 Å². The van der Waals surface area contributed by atoms with E-state index in [-0.39, 0.29) is 6.04 Å². The normalized spacial score (nSPS) is 12.7. The van der Waals surface area contributed by atoms with Crippen LogP contribution in [0.1, 0.15) is 23.0 Å². The molecule has 0 fully saturated rings. The summed E-state index contributed by atoms with van der Waals surface area (Å²) < 4.78 is 3.79. The van der Waals surface area contributed by atoms with Crippen molar-refractivity contribution in [2.75, 3.05) is 0 Å². The fraction of sp³-hybridized carbons (Fsp3) is 0.308. The lowest BCUT2D eigenvalue weighted by Crippen LogP contribution is -2.30. The van der Waals surface area contributed by atoms with Crippen LogP contribution < -0.4 is 11.3 Å². The molecular formula is C13H15Br2ClN4. The first-order chi connectivity index (χ1) is 9.42. The molecule has 0 saturated heterocycles. The monoisotopic (exact) mass is 420 g/mol. The molecule has 2 aromatic rings. The van der Waals surface area contributed by atoms with Gasteiger partial charge in [0.25, 0.3) is 0 Å². The summed E-state index contributed by atoms with van der Waals surface area (Å²) in [6.45, 7) is 1.90. The molecule has 3 N–H and O–H groups in total. The van der Waals surface area contributed by atoms with E-state index in [1.54, 1.807) is 4.68 Å². The highest BCUT2D eigenvalue weighted by atomic mass is 79.9. The molecule has 0 aliphatic heterocycles. The third kappa shape index (κ3) is 3.43. The van der Waals surface area contributed by atoms with Gasteiger partial charge in [-0.1, -0.05) is 43.5 Å². The van der Waals surface area contributed by atoms with E-state index in [1.807, 2.05) is 32.2 Å². The van der Waals surface area contributed by atoms with Gasteiger partial charge in [0, 0.05) is 22.4 Å². The molecule has 108 valence electrons. The first kappa shape index (κ1) is 16.0. The standard InChI is InChI=1S/C13H15Br2ClN4/c1-7-13(16)12(20(2)19-7)6-11(18-17)8-3-9(14)5-10(15)4-8/h3-5,11,18H,6,17H2,1-2H3. The number of nitrogens with one attached hydrogen (secondary N) is 1. The molecule has 0 saturated carbocycles. The molecule has 2 rings (SSSR count). The van der Waals surface area contributed by atoms with Crippen molar-refractivity contribution in [3.8, 4) is 0 Å². The lowest BCUT2D eigenvalue weighted by atomic mass is 10.0. The number of benzene rings is 1. The first-order valence-corrected chi connectivity index (χ1v) is 7.99. The molecule has 1 unspecified atom stereocenters. The fourth-order valence-electron chi connectivity index (χ4n) is 2.14. The van der Waals surface area contributed by atoms with Crippen LogP contribution in [0, 0.1) is 6.92 Å². The molecule has 0 radical (unpaired) electrons. The van der Waals surface area contributed by atoms with Gasteiger partial charge in [-0.05, 0) is 30.7 Å². The zero-order chi connectivity index (χ0) is 14.9. The van der Waals surface area contributed by atoms with Gasteiger partial charge >= 0.3 is 0 Å². The van der Waals surface area contributed by atoms with Crippen LogP contribution in [-0.4, -0.2) is 9.78 Å². The summed E-state index contributed by atoms with van der Waals surface area (Å²) >= 11 is 13.3. The Bertz CT molecular complexity index is 607.